The number of hydrogen-bond acceptors (Lipinski definition) is 2. The van der Waals surface area contributed by atoms with Crippen molar-refractivity contribution in [2.75, 3.05) is 6.61 Å². The Morgan fingerprint density at radius 3 is 2.72 bits per heavy atom. The molecule has 0 bridgehead atoms. The van der Waals surface area contributed by atoms with Gasteiger partial charge in [-0.25, -0.2) is 0 Å². The molecule has 0 radical (unpaired) electrons. The van der Waals surface area contributed by atoms with Crippen LogP contribution in [-0.4, -0.2) is 19.0 Å². The topological polar surface area (TPSA) is 18.5 Å². The van der Waals surface area contributed by atoms with Crippen molar-refractivity contribution in [2.45, 2.75) is 64.3 Å². The van der Waals surface area contributed by atoms with Crippen molar-refractivity contribution in [1.29, 1.82) is 0 Å². The number of ether oxygens (including phenoxy) is 2. The van der Waals surface area contributed by atoms with E-state index in [1.54, 1.807) is 0 Å². The summed E-state index contributed by atoms with van der Waals surface area (Å²) in [6, 6.07) is 0. The minimum absolute atomic E-state index is 0.0624. The quantitative estimate of drug-likeness (QED) is 0.406. The first kappa shape index (κ1) is 17.1. The summed E-state index contributed by atoms with van der Waals surface area (Å²) in [7, 11) is 0. The van der Waals surface area contributed by atoms with E-state index in [2.05, 4.69) is 27.5 Å². The fourth-order valence-electron chi connectivity index (χ4n) is 2.94. The molecule has 0 saturated carbocycles. The van der Waals surface area contributed by atoms with Gasteiger partial charge in [-0.15, -0.1) is 5.92 Å². The van der Waals surface area contributed by atoms with Gasteiger partial charge in [-0.1, -0.05) is 32.6 Å². The molecule has 0 aromatic rings. The molecule has 0 amide bonds. The van der Waals surface area contributed by atoms with Gasteiger partial charge >= 0.3 is 30.0 Å². The van der Waals surface area contributed by atoms with E-state index in [4.69, 9.17) is 9.47 Å². The summed E-state index contributed by atoms with van der Waals surface area (Å²) >= 11 is 4.25. The summed E-state index contributed by atoms with van der Waals surface area (Å²) in [5.41, 5.74) is 0. The molecule has 2 fully saturated rings. The van der Waals surface area contributed by atoms with E-state index < -0.39 is 0 Å². The van der Waals surface area contributed by atoms with Crippen LogP contribution in [0.5, 0.6) is 0 Å². The predicted octanol–water partition coefficient (Wildman–Crippen LogP) is 4.40. The molecular formula is C14H25BrO2Zn. The Labute approximate surface area is 129 Å². The summed E-state index contributed by atoms with van der Waals surface area (Å²) in [5, 5.41) is 0. The van der Waals surface area contributed by atoms with E-state index in [1.807, 2.05) is 0 Å². The van der Waals surface area contributed by atoms with Gasteiger partial charge in [-0.05, 0) is 25.2 Å². The Hall–Kier alpha value is 1.02. The first-order chi connectivity index (χ1) is 8.83. The van der Waals surface area contributed by atoms with Crippen LogP contribution in [0.25, 0.3) is 0 Å². The van der Waals surface area contributed by atoms with E-state index in [-0.39, 0.29) is 6.29 Å². The zero-order chi connectivity index (χ0) is 13.4. The van der Waals surface area contributed by atoms with Crippen molar-refractivity contribution in [3.8, 4) is 0 Å². The average Bonchev–Trinajstić information content (AvgIpc) is 2.75. The predicted molar refractivity (Wildman–Crippen MR) is 73.9 cm³/mol. The third-order valence-electron chi connectivity index (χ3n) is 3.99. The second kappa shape index (κ2) is 9.85. The van der Waals surface area contributed by atoms with Gasteiger partial charge in [0.1, 0.15) is 0 Å². The van der Waals surface area contributed by atoms with Crippen molar-refractivity contribution in [2.24, 2.45) is 11.8 Å². The molecule has 2 saturated heterocycles. The molecule has 0 aliphatic carbocycles. The molecule has 2 nitrogen and oxygen atoms in total. The summed E-state index contributed by atoms with van der Waals surface area (Å²) in [6.07, 6.45) is 9.26. The molecule has 18 heavy (non-hydrogen) atoms. The van der Waals surface area contributed by atoms with Crippen LogP contribution >= 0.6 is 13.6 Å². The summed E-state index contributed by atoms with van der Waals surface area (Å²) in [5.74, 6) is 1.01. The molecule has 2 aliphatic heterocycles. The minimum atomic E-state index is 0.0624. The fraction of sp³-hybridized carbons (Fsp3) is 0.929. The maximum atomic E-state index is 5.97. The van der Waals surface area contributed by atoms with Crippen LogP contribution in [0.4, 0.5) is 0 Å². The Kier molecular flexibility index (Phi) is 9.35. The second-order valence-electron chi connectivity index (χ2n) is 5.23. The number of fused-ring (bicyclic) bond motifs is 1. The molecule has 2 aliphatic rings. The third kappa shape index (κ3) is 4.85. The van der Waals surface area contributed by atoms with E-state index in [1.165, 1.54) is 61.3 Å². The third-order valence-corrected chi connectivity index (χ3v) is 3.99. The van der Waals surface area contributed by atoms with Crippen molar-refractivity contribution >= 4 is 13.6 Å². The number of halogens is 1. The van der Waals surface area contributed by atoms with Gasteiger partial charge < -0.3 is 16.4 Å². The Balaban J connectivity index is 0.000000771. The average molecular weight is 371 g/mol. The molecule has 0 aromatic carbocycles. The van der Waals surface area contributed by atoms with Gasteiger partial charge in [0, 0.05) is 12.7 Å². The monoisotopic (exact) mass is 368 g/mol. The molecule has 0 N–H and O–H groups in total. The van der Waals surface area contributed by atoms with Crippen molar-refractivity contribution in [3.63, 3.8) is 0 Å². The van der Waals surface area contributed by atoms with Gasteiger partial charge in [-0.3, -0.25) is 0 Å². The van der Waals surface area contributed by atoms with E-state index in [9.17, 15) is 0 Å². The molecule has 4 heteroatoms. The van der Waals surface area contributed by atoms with Crippen LogP contribution in [0.15, 0.2) is 0 Å². The van der Waals surface area contributed by atoms with Crippen molar-refractivity contribution in [1.82, 2.24) is 0 Å². The molecule has 2 heterocycles. The number of hydrogen-bond donors (Lipinski definition) is 0. The Morgan fingerprint density at radius 1 is 1.28 bits per heavy atom. The van der Waals surface area contributed by atoms with Crippen LogP contribution in [-0.2, 0) is 25.8 Å². The standard InChI is InChI=1S/C14H25O2.BrH.Zn/c1-3-4-5-6-9-13-11(2)12-8-7-10-15-14(12)16-13;;/h11-14H,2-10H2,1H3;1H;/q-1;;+2/p-1/t11-,12-,13?,14+;;/m1../s1. The zero-order valence-corrected chi connectivity index (χ0v) is 16.1. The Bertz CT molecular complexity index is 216. The zero-order valence-electron chi connectivity index (χ0n) is 11.6. The fourth-order valence-corrected chi connectivity index (χ4v) is 2.94. The first-order valence-electron chi connectivity index (χ1n) is 7.19. The van der Waals surface area contributed by atoms with E-state index in [0.29, 0.717) is 17.9 Å². The van der Waals surface area contributed by atoms with Crippen LogP contribution in [0.2, 0.25) is 0 Å². The summed E-state index contributed by atoms with van der Waals surface area (Å²) in [4.78, 5) is 0. The molecule has 102 valence electrons. The van der Waals surface area contributed by atoms with E-state index >= 15 is 0 Å². The SMILES string of the molecule is [CH2-][C@H]1C(CCCCCC)O[C@@H]2OCCC[C@@H]21.[Zn+][Br]. The summed E-state index contributed by atoms with van der Waals surface area (Å²) in [6.45, 7) is 7.42. The van der Waals surface area contributed by atoms with Crippen molar-refractivity contribution < 1.29 is 25.8 Å². The van der Waals surface area contributed by atoms with Crippen LogP contribution in [0, 0.1) is 18.8 Å². The molecular weight excluding hydrogens is 345 g/mol. The van der Waals surface area contributed by atoms with Crippen LogP contribution < -0.4 is 0 Å². The maximum absolute atomic E-state index is 5.97. The van der Waals surface area contributed by atoms with Crippen LogP contribution in [0.1, 0.15) is 51.9 Å². The molecule has 0 spiro atoms. The van der Waals surface area contributed by atoms with Gasteiger partial charge in [-0.2, -0.15) is 0 Å². The van der Waals surface area contributed by atoms with Gasteiger partial charge in [0.15, 0.2) is 6.29 Å². The van der Waals surface area contributed by atoms with Crippen LogP contribution in [0.3, 0.4) is 0 Å². The van der Waals surface area contributed by atoms with E-state index in [0.717, 1.165) is 6.61 Å². The normalized spacial score (nSPS) is 34.7. The number of rotatable bonds is 5. The first-order valence-corrected chi connectivity index (χ1v) is 14.1. The second-order valence-corrected chi connectivity index (χ2v) is 5.23. The van der Waals surface area contributed by atoms with Gasteiger partial charge in [0.05, 0.1) is 0 Å². The molecule has 4 atom stereocenters. The van der Waals surface area contributed by atoms with Crippen molar-refractivity contribution in [3.05, 3.63) is 6.92 Å². The molecule has 2 rings (SSSR count). The molecule has 1 unspecified atom stereocenters. The number of unbranched alkanes of at least 4 members (excludes halogenated alkanes) is 3. The summed E-state index contributed by atoms with van der Waals surface area (Å²) < 4.78 is 11.6. The van der Waals surface area contributed by atoms with Gasteiger partial charge in [0.25, 0.3) is 0 Å². The Morgan fingerprint density at radius 2 is 2.06 bits per heavy atom. The molecule has 0 aromatic heterocycles. The van der Waals surface area contributed by atoms with Gasteiger partial charge in [0.2, 0.25) is 0 Å².